The average Bonchev–Trinajstić information content (AvgIpc) is 3.32. The van der Waals surface area contributed by atoms with Crippen LogP contribution in [0.2, 0.25) is 10.0 Å². The van der Waals surface area contributed by atoms with E-state index in [4.69, 9.17) is 27.9 Å². The lowest BCUT2D eigenvalue weighted by molar-refractivity contribution is -0.113. The Labute approximate surface area is 232 Å². The van der Waals surface area contributed by atoms with Crippen LogP contribution >= 0.6 is 35.0 Å². The Hall–Kier alpha value is -3.60. The lowest BCUT2D eigenvalue weighted by Gasteiger charge is -2.12. The predicted molar refractivity (Wildman–Crippen MR) is 146 cm³/mol. The van der Waals surface area contributed by atoms with Crippen molar-refractivity contribution in [2.45, 2.75) is 18.6 Å². The number of anilines is 1. The highest BCUT2D eigenvalue weighted by Crippen LogP contribution is 2.24. The standard InChI is InChI=1S/C26H22Cl2FN5O3S/c1-2-37-20-10-6-18(7-11-20)31-24(35)15-38-26-33-32-23(34(26)19-8-4-17(29)5-9-19)14-30-25(36)21-13-16(27)3-12-22(21)28/h3-13H,2,14-15H2,1H3,(H,30,36)(H,31,35). The number of thioether (sulfide) groups is 1. The number of nitrogens with zero attached hydrogens (tertiary/aromatic N) is 3. The summed E-state index contributed by atoms with van der Waals surface area (Å²) in [6.45, 7) is 2.44. The van der Waals surface area contributed by atoms with E-state index >= 15 is 0 Å². The van der Waals surface area contributed by atoms with E-state index in [9.17, 15) is 14.0 Å². The number of carbonyl (C=O) groups excluding carboxylic acids is 2. The maximum absolute atomic E-state index is 13.6. The van der Waals surface area contributed by atoms with Crippen molar-refractivity contribution < 1.29 is 18.7 Å². The normalized spacial score (nSPS) is 10.7. The molecule has 4 aromatic rings. The summed E-state index contributed by atoms with van der Waals surface area (Å²) in [6.07, 6.45) is 0. The summed E-state index contributed by atoms with van der Waals surface area (Å²) in [6, 6.07) is 17.4. The van der Waals surface area contributed by atoms with Crippen LogP contribution in [0, 0.1) is 5.82 Å². The second-order valence-corrected chi connectivity index (χ2v) is 9.60. The molecule has 3 aromatic carbocycles. The van der Waals surface area contributed by atoms with E-state index in [1.165, 1.54) is 24.3 Å². The molecule has 4 rings (SSSR count). The lowest BCUT2D eigenvalue weighted by Crippen LogP contribution is -2.25. The molecular formula is C26H22Cl2FN5O3S. The van der Waals surface area contributed by atoms with Gasteiger partial charge in [0.2, 0.25) is 5.91 Å². The van der Waals surface area contributed by atoms with Crippen LogP contribution in [0.4, 0.5) is 10.1 Å². The first-order valence-corrected chi connectivity index (χ1v) is 13.2. The van der Waals surface area contributed by atoms with Crippen LogP contribution in [-0.4, -0.2) is 38.9 Å². The van der Waals surface area contributed by atoms with Gasteiger partial charge in [0, 0.05) is 16.4 Å². The Kier molecular flexibility index (Phi) is 9.22. The zero-order chi connectivity index (χ0) is 27.1. The number of nitrogens with one attached hydrogen (secondary N) is 2. The van der Waals surface area contributed by atoms with Crippen LogP contribution < -0.4 is 15.4 Å². The fourth-order valence-electron chi connectivity index (χ4n) is 3.41. The van der Waals surface area contributed by atoms with Gasteiger partial charge in [-0.05, 0) is 73.7 Å². The number of amides is 2. The average molecular weight is 574 g/mol. The van der Waals surface area contributed by atoms with Gasteiger partial charge in [-0.2, -0.15) is 0 Å². The third kappa shape index (κ3) is 7.03. The Morgan fingerprint density at radius 3 is 2.47 bits per heavy atom. The molecule has 0 aliphatic carbocycles. The van der Waals surface area contributed by atoms with Crippen LogP contribution in [-0.2, 0) is 11.3 Å². The summed E-state index contributed by atoms with van der Waals surface area (Å²) in [4.78, 5) is 25.3. The molecule has 2 amide bonds. The van der Waals surface area contributed by atoms with Crippen molar-refractivity contribution in [2.75, 3.05) is 17.7 Å². The summed E-state index contributed by atoms with van der Waals surface area (Å²) in [5, 5.41) is 15.0. The Morgan fingerprint density at radius 1 is 1.03 bits per heavy atom. The van der Waals surface area contributed by atoms with Gasteiger partial charge in [0.1, 0.15) is 11.6 Å². The van der Waals surface area contributed by atoms with Crippen LogP contribution in [0.25, 0.3) is 5.69 Å². The fourth-order valence-corrected chi connectivity index (χ4v) is 4.56. The molecule has 1 heterocycles. The highest BCUT2D eigenvalue weighted by atomic mass is 35.5. The van der Waals surface area contributed by atoms with E-state index in [1.54, 1.807) is 47.0 Å². The Bertz CT molecular complexity index is 1430. The van der Waals surface area contributed by atoms with Crippen LogP contribution in [0.1, 0.15) is 23.1 Å². The molecule has 0 saturated heterocycles. The van der Waals surface area contributed by atoms with E-state index in [-0.39, 0.29) is 28.8 Å². The monoisotopic (exact) mass is 573 g/mol. The highest BCUT2D eigenvalue weighted by Gasteiger charge is 2.18. The first-order chi connectivity index (χ1) is 18.3. The van der Waals surface area contributed by atoms with Gasteiger partial charge in [-0.1, -0.05) is 35.0 Å². The number of halogens is 3. The van der Waals surface area contributed by atoms with Crippen LogP contribution in [0.15, 0.2) is 71.9 Å². The molecule has 2 N–H and O–H groups in total. The van der Waals surface area contributed by atoms with E-state index in [0.717, 1.165) is 11.8 Å². The predicted octanol–water partition coefficient (Wildman–Crippen LogP) is 5.77. The van der Waals surface area contributed by atoms with Crippen molar-refractivity contribution in [1.29, 1.82) is 0 Å². The zero-order valence-electron chi connectivity index (χ0n) is 20.1. The maximum Gasteiger partial charge on any atom is 0.253 e. The third-order valence-corrected chi connectivity index (χ3v) is 6.64. The van der Waals surface area contributed by atoms with Crippen molar-refractivity contribution >= 4 is 52.5 Å². The van der Waals surface area contributed by atoms with Crippen molar-refractivity contribution in [3.8, 4) is 11.4 Å². The zero-order valence-corrected chi connectivity index (χ0v) is 22.4. The topological polar surface area (TPSA) is 98.1 Å². The first kappa shape index (κ1) is 27.4. The van der Waals surface area contributed by atoms with E-state index in [1.807, 2.05) is 6.92 Å². The number of carbonyl (C=O) groups is 2. The number of ether oxygens (including phenoxy) is 1. The second kappa shape index (κ2) is 12.8. The van der Waals surface area contributed by atoms with Crippen molar-refractivity contribution in [3.05, 3.63) is 94.0 Å². The van der Waals surface area contributed by atoms with E-state index in [2.05, 4.69) is 20.8 Å². The van der Waals surface area contributed by atoms with Gasteiger partial charge >= 0.3 is 0 Å². The van der Waals surface area contributed by atoms with Gasteiger partial charge in [-0.15, -0.1) is 10.2 Å². The van der Waals surface area contributed by atoms with E-state index < -0.39 is 11.7 Å². The molecule has 0 fully saturated rings. The lowest BCUT2D eigenvalue weighted by atomic mass is 10.2. The molecule has 12 heteroatoms. The maximum atomic E-state index is 13.6. The Balaban J connectivity index is 1.48. The SMILES string of the molecule is CCOc1ccc(NC(=O)CSc2nnc(CNC(=O)c3cc(Cl)ccc3Cl)n2-c2ccc(F)cc2)cc1. The quantitative estimate of drug-likeness (QED) is 0.234. The minimum Gasteiger partial charge on any atom is -0.494 e. The smallest absolute Gasteiger partial charge is 0.253 e. The minimum atomic E-state index is -0.449. The van der Waals surface area contributed by atoms with Gasteiger partial charge in [0.15, 0.2) is 11.0 Å². The summed E-state index contributed by atoms with van der Waals surface area (Å²) >= 11 is 13.3. The number of aromatic nitrogens is 3. The number of hydrogen-bond acceptors (Lipinski definition) is 6. The van der Waals surface area contributed by atoms with Crippen molar-refractivity contribution in [3.63, 3.8) is 0 Å². The first-order valence-electron chi connectivity index (χ1n) is 11.4. The summed E-state index contributed by atoms with van der Waals surface area (Å²) in [7, 11) is 0. The molecular weight excluding hydrogens is 552 g/mol. The van der Waals surface area contributed by atoms with Crippen LogP contribution in [0.5, 0.6) is 5.75 Å². The minimum absolute atomic E-state index is 0.00894. The second-order valence-electron chi connectivity index (χ2n) is 7.81. The molecule has 38 heavy (non-hydrogen) atoms. The molecule has 8 nitrogen and oxygen atoms in total. The molecule has 0 atom stereocenters. The van der Waals surface area contributed by atoms with Gasteiger partial charge in [-0.3, -0.25) is 14.2 Å². The molecule has 0 bridgehead atoms. The van der Waals surface area contributed by atoms with Crippen molar-refractivity contribution in [1.82, 2.24) is 20.1 Å². The largest absolute Gasteiger partial charge is 0.494 e. The molecule has 196 valence electrons. The molecule has 0 spiro atoms. The van der Waals surface area contributed by atoms with Gasteiger partial charge in [0.25, 0.3) is 5.91 Å². The van der Waals surface area contributed by atoms with Crippen LogP contribution in [0.3, 0.4) is 0 Å². The summed E-state index contributed by atoms with van der Waals surface area (Å²) < 4.78 is 20.6. The molecule has 0 aliphatic rings. The Morgan fingerprint density at radius 2 is 1.76 bits per heavy atom. The molecule has 0 saturated carbocycles. The fraction of sp³-hybridized carbons (Fsp3) is 0.154. The number of hydrogen-bond donors (Lipinski definition) is 2. The summed E-state index contributed by atoms with van der Waals surface area (Å²) in [5.41, 5.74) is 1.41. The number of rotatable bonds is 10. The van der Waals surface area contributed by atoms with Gasteiger partial charge in [0.05, 0.1) is 29.5 Å². The van der Waals surface area contributed by atoms with Gasteiger partial charge < -0.3 is 15.4 Å². The molecule has 0 aliphatic heterocycles. The van der Waals surface area contributed by atoms with Gasteiger partial charge in [-0.25, -0.2) is 4.39 Å². The third-order valence-electron chi connectivity index (χ3n) is 5.15. The molecule has 1 aromatic heterocycles. The molecule has 0 unspecified atom stereocenters. The van der Waals surface area contributed by atoms with E-state index in [0.29, 0.717) is 39.7 Å². The summed E-state index contributed by atoms with van der Waals surface area (Å²) in [5.74, 6) is 0.0171. The number of benzene rings is 3. The van der Waals surface area contributed by atoms with Crippen molar-refractivity contribution in [2.24, 2.45) is 0 Å². The highest BCUT2D eigenvalue weighted by molar-refractivity contribution is 7.99. The molecule has 0 radical (unpaired) electrons.